The van der Waals surface area contributed by atoms with E-state index in [0.29, 0.717) is 22.3 Å². The van der Waals surface area contributed by atoms with Gasteiger partial charge in [0.05, 0.1) is 6.10 Å². The molecule has 8 heteroatoms. The predicted octanol–water partition coefficient (Wildman–Crippen LogP) is 5.21. The standard InChI is InChI=1S/C24H23F3O5/c1-13(2)22-18(11-10-16(28)12-20(29)24(26,27)23(30)31)21-17(4-3-5-19(21)32-22)14-6-8-15(25)9-7-14/h3-11,13,16,20,28-29H,12H2,1-2H3,(H,30,31)/b11-10+/t16-,20-/m1/s1. The smallest absolute Gasteiger partial charge is 0.377 e. The fourth-order valence-electron chi connectivity index (χ4n) is 3.46. The molecule has 3 N–H and O–H groups in total. The third-order valence-electron chi connectivity index (χ3n) is 5.11. The number of furan rings is 1. The molecule has 3 rings (SSSR count). The van der Waals surface area contributed by atoms with Crippen molar-refractivity contribution in [1.29, 1.82) is 0 Å². The van der Waals surface area contributed by atoms with E-state index in [2.05, 4.69) is 0 Å². The Balaban J connectivity index is 2.02. The number of hydrogen-bond acceptors (Lipinski definition) is 4. The second kappa shape index (κ2) is 9.18. The Morgan fingerprint density at radius 3 is 2.38 bits per heavy atom. The van der Waals surface area contributed by atoms with Crippen molar-refractivity contribution in [1.82, 2.24) is 0 Å². The molecule has 0 saturated heterocycles. The minimum Gasteiger partial charge on any atom is -0.477 e. The molecule has 32 heavy (non-hydrogen) atoms. The summed E-state index contributed by atoms with van der Waals surface area (Å²) in [4.78, 5) is 10.6. The van der Waals surface area contributed by atoms with E-state index in [0.717, 1.165) is 11.1 Å². The molecular formula is C24H23F3O5. The Labute approximate surface area is 182 Å². The van der Waals surface area contributed by atoms with Gasteiger partial charge in [0.2, 0.25) is 0 Å². The number of aliphatic hydroxyl groups excluding tert-OH is 2. The molecule has 0 fully saturated rings. The van der Waals surface area contributed by atoms with Crippen LogP contribution in [0.15, 0.2) is 53.0 Å². The zero-order valence-electron chi connectivity index (χ0n) is 17.4. The van der Waals surface area contributed by atoms with Gasteiger partial charge < -0.3 is 19.7 Å². The maximum Gasteiger partial charge on any atom is 0.377 e. The molecule has 0 spiro atoms. The molecule has 0 unspecified atom stereocenters. The first kappa shape index (κ1) is 23.6. The van der Waals surface area contributed by atoms with Crippen molar-refractivity contribution in [3.8, 4) is 11.1 Å². The molecular weight excluding hydrogens is 425 g/mol. The van der Waals surface area contributed by atoms with Crippen molar-refractivity contribution >= 4 is 23.0 Å². The van der Waals surface area contributed by atoms with Crippen molar-refractivity contribution in [2.24, 2.45) is 0 Å². The monoisotopic (exact) mass is 448 g/mol. The van der Waals surface area contributed by atoms with Crippen molar-refractivity contribution in [3.63, 3.8) is 0 Å². The number of hydrogen-bond donors (Lipinski definition) is 3. The molecule has 0 aliphatic heterocycles. The summed E-state index contributed by atoms with van der Waals surface area (Å²) in [5.41, 5.74) is 2.65. The third-order valence-corrected chi connectivity index (χ3v) is 5.11. The lowest BCUT2D eigenvalue weighted by atomic mass is 9.95. The van der Waals surface area contributed by atoms with Gasteiger partial charge in [0, 0.05) is 23.3 Å². The lowest BCUT2D eigenvalue weighted by Crippen LogP contribution is -2.42. The lowest BCUT2D eigenvalue weighted by Gasteiger charge is -2.19. The van der Waals surface area contributed by atoms with Crippen LogP contribution in [0.2, 0.25) is 0 Å². The molecule has 0 bridgehead atoms. The number of carboxylic acid groups (broad SMARTS) is 1. The number of rotatable bonds is 8. The molecule has 5 nitrogen and oxygen atoms in total. The largest absolute Gasteiger partial charge is 0.477 e. The average Bonchev–Trinajstić information content (AvgIpc) is 3.11. The maximum atomic E-state index is 13.4. The molecule has 0 radical (unpaired) electrons. The maximum absolute atomic E-state index is 13.4. The van der Waals surface area contributed by atoms with Gasteiger partial charge in [0.25, 0.3) is 0 Å². The molecule has 3 aromatic rings. The van der Waals surface area contributed by atoms with Crippen molar-refractivity contribution in [2.75, 3.05) is 0 Å². The highest BCUT2D eigenvalue weighted by molar-refractivity contribution is 6.00. The fraction of sp³-hybridized carbons (Fsp3) is 0.292. The summed E-state index contributed by atoms with van der Waals surface area (Å²) in [6.07, 6.45) is -2.24. The van der Waals surface area contributed by atoms with Crippen LogP contribution in [0.4, 0.5) is 13.2 Å². The topological polar surface area (TPSA) is 90.9 Å². The molecule has 0 aliphatic carbocycles. The average molecular weight is 448 g/mol. The van der Waals surface area contributed by atoms with Crippen LogP contribution in [0.3, 0.4) is 0 Å². The van der Waals surface area contributed by atoms with Crippen LogP contribution < -0.4 is 0 Å². The van der Waals surface area contributed by atoms with Gasteiger partial charge in [-0.2, -0.15) is 8.78 Å². The van der Waals surface area contributed by atoms with Gasteiger partial charge >= 0.3 is 11.9 Å². The molecule has 1 heterocycles. The molecule has 0 aliphatic rings. The zero-order valence-corrected chi connectivity index (χ0v) is 17.4. The summed E-state index contributed by atoms with van der Waals surface area (Å²) in [7, 11) is 0. The number of carbonyl (C=O) groups is 1. The number of fused-ring (bicyclic) bond motifs is 1. The van der Waals surface area contributed by atoms with Gasteiger partial charge in [-0.05, 0) is 29.3 Å². The Hall–Kier alpha value is -3.10. The van der Waals surface area contributed by atoms with E-state index in [-0.39, 0.29) is 11.7 Å². The number of alkyl halides is 2. The van der Waals surface area contributed by atoms with Gasteiger partial charge in [-0.1, -0.05) is 50.3 Å². The van der Waals surface area contributed by atoms with Crippen LogP contribution in [0.5, 0.6) is 0 Å². The Bertz CT molecular complexity index is 1130. The summed E-state index contributed by atoms with van der Waals surface area (Å²) in [5, 5.41) is 28.9. The first-order valence-electron chi connectivity index (χ1n) is 9.99. The minimum absolute atomic E-state index is 0.0535. The molecule has 1 aromatic heterocycles. The first-order valence-corrected chi connectivity index (χ1v) is 9.99. The second-order valence-electron chi connectivity index (χ2n) is 7.83. The van der Waals surface area contributed by atoms with Gasteiger partial charge in [-0.25, -0.2) is 9.18 Å². The van der Waals surface area contributed by atoms with Gasteiger partial charge in [0.1, 0.15) is 23.3 Å². The lowest BCUT2D eigenvalue weighted by molar-refractivity contribution is -0.184. The highest BCUT2D eigenvalue weighted by atomic mass is 19.3. The second-order valence-corrected chi connectivity index (χ2v) is 7.83. The van der Waals surface area contributed by atoms with E-state index < -0.39 is 30.5 Å². The van der Waals surface area contributed by atoms with E-state index in [4.69, 9.17) is 9.52 Å². The van der Waals surface area contributed by atoms with Crippen LogP contribution in [0.25, 0.3) is 28.2 Å². The van der Waals surface area contributed by atoms with Gasteiger partial charge in [0.15, 0.2) is 0 Å². The molecule has 0 amide bonds. The highest BCUT2D eigenvalue weighted by Gasteiger charge is 2.47. The Morgan fingerprint density at radius 2 is 1.78 bits per heavy atom. The summed E-state index contributed by atoms with van der Waals surface area (Å²) >= 11 is 0. The number of carboxylic acids is 1. The highest BCUT2D eigenvalue weighted by Crippen LogP contribution is 2.38. The van der Waals surface area contributed by atoms with Gasteiger partial charge in [-0.3, -0.25) is 0 Å². The summed E-state index contributed by atoms with van der Waals surface area (Å²) in [5.74, 6) is -6.68. The zero-order chi connectivity index (χ0) is 23.6. The van der Waals surface area contributed by atoms with Crippen molar-refractivity contribution in [3.05, 3.63) is 65.7 Å². The van der Waals surface area contributed by atoms with E-state index in [1.54, 1.807) is 24.3 Å². The van der Waals surface area contributed by atoms with Crippen LogP contribution >= 0.6 is 0 Å². The molecule has 2 atom stereocenters. The first-order chi connectivity index (χ1) is 15.0. The predicted molar refractivity (Wildman–Crippen MR) is 114 cm³/mol. The van der Waals surface area contributed by atoms with E-state index >= 15 is 0 Å². The number of aliphatic carboxylic acids is 1. The number of aliphatic hydroxyl groups is 2. The van der Waals surface area contributed by atoms with Crippen molar-refractivity contribution < 1.29 is 37.7 Å². The third kappa shape index (κ3) is 4.71. The summed E-state index contributed by atoms with van der Waals surface area (Å²) in [6.45, 7) is 3.81. The van der Waals surface area contributed by atoms with E-state index in [9.17, 15) is 28.2 Å². The summed E-state index contributed by atoms with van der Waals surface area (Å²) in [6, 6.07) is 11.3. The summed E-state index contributed by atoms with van der Waals surface area (Å²) < 4.78 is 46.2. The quantitative estimate of drug-likeness (QED) is 0.440. The fourth-order valence-corrected chi connectivity index (χ4v) is 3.46. The molecule has 2 aromatic carbocycles. The molecule has 170 valence electrons. The van der Waals surface area contributed by atoms with Crippen LogP contribution in [0.1, 0.15) is 37.5 Å². The van der Waals surface area contributed by atoms with Gasteiger partial charge in [-0.15, -0.1) is 0 Å². The Morgan fingerprint density at radius 1 is 1.12 bits per heavy atom. The van der Waals surface area contributed by atoms with E-state index in [1.165, 1.54) is 24.3 Å². The van der Waals surface area contributed by atoms with Crippen LogP contribution in [-0.4, -0.2) is 39.4 Å². The Kier molecular flexibility index (Phi) is 6.76. The van der Waals surface area contributed by atoms with Crippen LogP contribution in [-0.2, 0) is 4.79 Å². The number of halogens is 3. The van der Waals surface area contributed by atoms with Crippen LogP contribution in [0, 0.1) is 5.82 Å². The number of benzene rings is 2. The SMILES string of the molecule is CC(C)c1oc2cccc(-c3ccc(F)cc3)c2c1/C=C/[C@@H](O)C[C@@H](O)C(F)(F)C(=O)O. The van der Waals surface area contributed by atoms with E-state index in [1.807, 2.05) is 19.9 Å². The normalized spacial score (nSPS) is 14.4. The molecule has 0 saturated carbocycles. The van der Waals surface area contributed by atoms with Crippen molar-refractivity contribution in [2.45, 2.75) is 44.3 Å². The minimum atomic E-state index is -4.38.